The molecule has 0 radical (unpaired) electrons. The highest BCUT2D eigenvalue weighted by molar-refractivity contribution is 5.35. The normalized spacial score (nSPS) is 39.6. The molecule has 4 N–H and O–H groups in total. The van der Waals surface area contributed by atoms with Crippen LogP contribution in [0.15, 0.2) is 24.3 Å². The molecule has 2 aliphatic carbocycles. The Kier molecular flexibility index (Phi) is 2.95. The monoisotopic (exact) mass is 244 g/mol. The van der Waals surface area contributed by atoms with Crippen LogP contribution in [0.1, 0.15) is 49.1 Å². The van der Waals surface area contributed by atoms with Crippen molar-refractivity contribution in [3.8, 4) is 0 Å². The van der Waals surface area contributed by atoms with Crippen LogP contribution in [0.5, 0.6) is 0 Å². The maximum absolute atomic E-state index is 6.65. The second-order valence-corrected chi connectivity index (χ2v) is 6.38. The quantitative estimate of drug-likeness (QED) is 0.840. The second-order valence-electron chi connectivity index (χ2n) is 6.38. The molecular weight excluding hydrogens is 220 g/mol. The standard InChI is InChI=1S/C16H24N2/c1-11-4-2-3-5-13(11)14-10-15(14)16(18)8-6-12(17)7-9-16/h2-5,12,14-15H,6-10,17-18H2,1H3/t12?,14-,15+,16?/m0/s1. The summed E-state index contributed by atoms with van der Waals surface area (Å²) in [4.78, 5) is 0. The van der Waals surface area contributed by atoms with Crippen molar-refractivity contribution in [2.45, 2.75) is 56.5 Å². The largest absolute Gasteiger partial charge is 0.328 e. The minimum Gasteiger partial charge on any atom is -0.328 e. The maximum Gasteiger partial charge on any atom is 0.0190 e. The Balaban J connectivity index is 1.72. The fourth-order valence-corrected chi connectivity index (χ4v) is 3.73. The summed E-state index contributed by atoms with van der Waals surface area (Å²) in [5, 5.41) is 0. The first-order valence-corrected chi connectivity index (χ1v) is 7.20. The molecule has 3 rings (SSSR count). The van der Waals surface area contributed by atoms with Gasteiger partial charge in [0.25, 0.3) is 0 Å². The van der Waals surface area contributed by atoms with Gasteiger partial charge in [0.15, 0.2) is 0 Å². The Hall–Kier alpha value is -0.860. The average molecular weight is 244 g/mol. The lowest BCUT2D eigenvalue weighted by atomic mass is 9.76. The van der Waals surface area contributed by atoms with Crippen LogP contribution >= 0.6 is 0 Å². The van der Waals surface area contributed by atoms with Crippen LogP contribution in [0.2, 0.25) is 0 Å². The molecule has 2 fully saturated rings. The van der Waals surface area contributed by atoms with Crippen molar-refractivity contribution in [1.29, 1.82) is 0 Å². The fraction of sp³-hybridized carbons (Fsp3) is 0.625. The van der Waals surface area contributed by atoms with E-state index in [0.29, 0.717) is 17.9 Å². The lowest BCUT2D eigenvalue weighted by molar-refractivity contribution is 0.239. The molecule has 0 unspecified atom stereocenters. The molecule has 0 saturated heterocycles. The number of nitrogens with two attached hydrogens (primary N) is 2. The van der Waals surface area contributed by atoms with Crippen LogP contribution < -0.4 is 11.5 Å². The molecule has 98 valence electrons. The Morgan fingerprint density at radius 1 is 1.17 bits per heavy atom. The van der Waals surface area contributed by atoms with Crippen molar-refractivity contribution in [3.05, 3.63) is 35.4 Å². The molecule has 18 heavy (non-hydrogen) atoms. The fourth-order valence-electron chi connectivity index (χ4n) is 3.73. The van der Waals surface area contributed by atoms with E-state index in [4.69, 9.17) is 11.5 Å². The average Bonchev–Trinajstić information content (AvgIpc) is 3.15. The van der Waals surface area contributed by atoms with Crippen molar-refractivity contribution in [3.63, 3.8) is 0 Å². The summed E-state index contributed by atoms with van der Waals surface area (Å²) < 4.78 is 0. The molecule has 1 aromatic carbocycles. The minimum absolute atomic E-state index is 0.0584. The van der Waals surface area contributed by atoms with E-state index in [1.54, 1.807) is 0 Å². The molecular formula is C16H24N2. The van der Waals surface area contributed by atoms with Crippen LogP contribution in [0.3, 0.4) is 0 Å². The molecule has 0 aromatic heterocycles. The molecule has 2 saturated carbocycles. The molecule has 0 aliphatic heterocycles. The predicted octanol–water partition coefficient (Wildman–Crippen LogP) is 2.70. The van der Waals surface area contributed by atoms with E-state index in [1.165, 1.54) is 17.5 Å². The van der Waals surface area contributed by atoms with E-state index in [2.05, 4.69) is 31.2 Å². The SMILES string of the molecule is Cc1ccccc1[C@@H]1C[C@H]1C1(N)CCC(N)CC1. The molecule has 2 atom stereocenters. The van der Waals surface area contributed by atoms with Crippen molar-refractivity contribution < 1.29 is 0 Å². The van der Waals surface area contributed by atoms with Gasteiger partial charge in [-0.3, -0.25) is 0 Å². The van der Waals surface area contributed by atoms with E-state index >= 15 is 0 Å². The van der Waals surface area contributed by atoms with Crippen LogP contribution in [0.25, 0.3) is 0 Å². The highest BCUT2D eigenvalue weighted by atomic mass is 14.8. The number of hydrogen-bond acceptors (Lipinski definition) is 2. The summed E-state index contributed by atoms with van der Waals surface area (Å²) in [5.41, 5.74) is 15.6. The summed E-state index contributed by atoms with van der Waals surface area (Å²) in [6.45, 7) is 2.21. The van der Waals surface area contributed by atoms with Gasteiger partial charge in [-0.15, -0.1) is 0 Å². The number of rotatable bonds is 2. The van der Waals surface area contributed by atoms with Gasteiger partial charge >= 0.3 is 0 Å². The lowest BCUT2D eigenvalue weighted by Crippen LogP contribution is -2.48. The van der Waals surface area contributed by atoms with Crippen molar-refractivity contribution in [2.75, 3.05) is 0 Å². The maximum atomic E-state index is 6.65. The van der Waals surface area contributed by atoms with E-state index < -0.39 is 0 Å². The van der Waals surface area contributed by atoms with Crippen LogP contribution in [0, 0.1) is 12.8 Å². The molecule has 1 aromatic rings. The van der Waals surface area contributed by atoms with Gasteiger partial charge in [-0.05, 0) is 62.0 Å². The summed E-state index contributed by atoms with van der Waals surface area (Å²) in [5.74, 6) is 1.39. The predicted molar refractivity (Wildman–Crippen MR) is 75.4 cm³/mol. The molecule has 2 nitrogen and oxygen atoms in total. The third-order valence-corrected chi connectivity index (χ3v) is 5.08. The van der Waals surface area contributed by atoms with E-state index in [1.807, 2.05) is 0 Å². The van der Waals surface area contributed by atoms with Gasteiger partial charge in [-0.2, -0.15) is 0 Å². The second kappa shape index (κ2) is 4.36. The topological polar surface area (TPSA) is 52.0 Å². The van der Waals surface area contributed by atoms with E-state index in [0.717, 1.165) is 25.7 Å². The molecule has 0 bridgehead atoms. The molecule has 2 aliphatic rings. The van der Waals surface area contributed by atoms with Crippen LogP contribution in [-0.4, -0.2) is 11.6 Å². The van der Waals surface area contributed by atoms with Crippen molar-refractivity contribution in [2.24, 2.45) is 17.4 Å². The lowest BCUT2D eigenvalue weighted by Gasteiger charge is -2.37. The Bertz CT molecular complexity index is 432. The van der Waals surface area contributed by atoms with E-state index in [-0.39, 0.29) is 5.54 Å². The van der Waals surface area contributed by atoms with Gasteiger partial charge in [-0.1, -0.05) is 24.3 Å². The van der Waals surface area contributed by atoms with Gasteiger partial charge in [0, 0.05) is 11.6 Å². The molecule has 0 spiro atoms. The highest BCUT2D eigenvalue weighted by Crippen LogP contribution is 2.56. The first-order chi connectivity index (χ1) is 8.60. The van der Waals surface area contributed by atoms with Crippen molar-refractivity contribution in [1.82, 2.24) is 0 Å². The van der Waals surface area contributed by atoms with Crippen molar-refractivity contribution >= 4 is 0 Å². The Morgan fingerprint density at radius 3 is 2.50 bits per heavy atom. The van der Waals surface area contributed by atoms with E-state index in [9.17, 15) is 0 Å². The Labute approximate surface area is 110 Å². The van der Waals surface area contributed by atoms with Gasteiger partial charge in [-0.25, -0.2) is 0 Å². The number of hydrogen-bond donors (Lipinski definition) is 2. The number of aryl methyl sites for hydroxylation is 1. The first kappa shape index (κ1) is 12.2. The molecule has 0 amide bonds. The van der Waals surface area contributed by atoms with Crippen LogP contribution in [-0.2, 0) is 0 Å². The van der Waals surface area contributed by atoms with Gasteiger partial charge in [0.2, 0.25) is 0 Å². The highest BCUT2D eigenvalue weighted by Gasteiger charge is 2.51. The van der Waals surface area contributed by atoms with Crippen LogP contribution in [0.4, 0.5) is 0 Å². The third-order valence-electron chi connectivity index (χ3n) is 5.08. The zero-order valence-corrected chi connectivity index (χ0v) is 11.2. The molecule has 2 heteroatoms. The summed E-state index contributed by atoms with van der Waals surface area (Å²) >= 11 is 0. The summed E-state index contributed by atoms with van der Waals surface area (Å²) in [7, 11) is 0. The minimum atomic E-state index is 0.0584. The zero-order valence-electron chi connectivity index (χ0n) is 11.2. The summed E-state index contributed by atoms with van der Waals surface area (Å²) in [6.07, 6.45) is 5.71. The third kappa shape index (κ3) is 2.08. The molecule has 0 heterocycles. The Morgan fingerprint density at radius 2 is 1.83 bits per heavy atom. The zero-order chi connectivity index (χ0) is 12.8. The van der Waals surface area contributed by atoms with Gasteiger partial charge in [0.1, 0.15) is 0 Å². The first-order valence-electron chi connectivity index (χ1n) is 7.20. The van der Waals surface area contributed by atoms with Gasteiger partial charge in [0.05, 0.1) is 0 Å². The number of benzene rings is 1. The summed E-state index contributed by atoms with van der Waals surface area (Å²) in [6, 6.07) is 9.14. The smallest absolute Gasteiger partial charge is 0.0190 e. The van der Waals surface area contributed by atoms with Gasteiger partial charge < -0.3 is 11.5 Å².